The standard InChI is InChI=1S/C30H36ClN3O5S/c1-5-22(3)32-30(36)23(4)33(20-24-12-14-25(31)15-13-24)29(35)21-34(26-16-18-27(19-17-26)39-6-2)40(37,38)28-10-8-7-9-11-28/h7-19,22-23H,5-6,20-21H2,1-4H3,(H,32,36). The van der Waals surface area contributed by atoms with Gasteiger partial charge in [-0.3, -0.25) is 13.9 Å². The molecule has 2 unspecified atom stereocenters. The highest BCUT2D eigenvalue weighted by Gasteiger charge is 2.32. The van der Waals surface area contributed by atoms with Gasteiger partial charge in [-0.2, -0.15) is 0 Å². The van der Waals surface area contributed by atoms with Crippen molar-refractivity contribution in [2.75, 3.05) is 17.5 Å². The van der Waals surface area contributed by atoms with Crippen LogP contribution in [0.15, 0.2) is 83.8 Å². The Kier molecular flexibility index (Phi) is 11.0. The third-order valence-electron chi connectivity index (χ3n) is 6.48. The molecule has 1 N–H and O–H groups in total. The molecular weight excluding hydrogens is 550 g/mol. The molecule has 3 rings (SSSR count). The first kappa shape index (κ1) is 31.0. The molecule has 0 saturated carbocycles. The molecule has 0 bridgehead atoms. The lowest BCUT2D eigenvalue weighted by atomic mass is 10.1. The van der Waals surface area contributed by atoms with Crippen LogP contribution in [0.1, 0.15) is 39.7 Å². The first-order valence-electron chi connectivity index (χ1n) is 13.2. The van der Waals surface area contributed by atoms with Crippen molar-refractivity contribution < 1.29 is 22.7 Å². The minimum absolute atomic E-state index is 0.0449. The number of anilines is 1. The summed E-state index contributed by atoms with van der Waals surface area (Å²) in [6.07, 6.45) is 0.727. The Morgan fingerprint density at radius 2 is 1.55 bits per heavy atom. The summed E-state index contributed by atoms with van der Waals surface area (Å²) in [7, 11) is -4.13. The highest BCUT2D eigenvalue weighted by Crippen LogP contribution is 2.26. The maximum Gasteiger partial charge on any atom is 0.264 e. The van der Waals surface area contributed by atoms with Gasteiger partial charge in [0.2, 0.25) is 11.8 Å². The lowest BCUT2D eigenvalue weighted by Gasteiger charge is -2.32. The number of sulfonamides is 1. The van der Waals surface area contributed by atoms with Crippen LogP contribution in [0, 0.1) is 0 Å². The van der Waals surface area contributed by atoms with Gasteiger partial charge in [0.1, 0.15) is 18.3 Å². The summed E-state index contributed by atoms with van der Waals surface area (Å²) in [4.78, 5) is 28.5. The maximum absolute atomic E-state index is 13.9. The van der Waals surface area contributed by atoms with E-state index in [1.165, 1.54) is 17.0 Å². The third kappa shape index (κ3) is 7.99. The van der Waals surface area contributed by atoms with Crippen molar-refractivity contribution >= 4 is 39.1 Å². The predicted molar refractivity (Wildman–Crippen MR) is 158 cm³/mol. The molecule has 2 amide bonds. The smallest absolute Gasteiger partial charge is 0.264 e. The molecule has 214 valence electrons. The lowest BCUT2D eigenvalue weighted by molar-refractivity contribution is -0.139. The molecular formula is C30H36ClN3O5S. The molecule has 10 heteroatoms. The number of hydrogen-bond donors (Lipinski definition) is 1. The highest BCUT2D eigenvalue weighted by molar-refractivity contribution is 7.92. The van der Waals surface area contributed by atoms with Gasteiger partial charge in [-0.25, -0.2) is 8.42 Å². The van der Waals surface area contributed by atoms with Crippen LogP contribution in [0.4, 0.5) is 5.69 Å². The number of carbonyl (C=O) groups excluding carboxylic acids is 2. The number of nitrogens with one attached hydrogen (secondary N) is 1. The van der Waals surface area contributed by atoms with E-state index in [1.807, 2.05) is 20.8 Å². The average Bonchev–Trinajstić information content (AvgIpc) is 2.96. The van der Waals surface area contributed by atoms with Crippen molar-refractivity contribution in [1.29, 1.82) is 0 Å². The molecule has 0 spiro atoms. The second-order valence-corrected chi connectivity index (χ2v) is 11.7. The van der Waals surface area contributed by atoms with Crippen LogP contribution >= 0.6 is 11.6 Å². The summed E-state index contributed by atoms with van der Waals surface area (Å²) in [5.41, 5.74) is 1.04. The number of carbonyl (C=O) groups is 2. The van der Waals surface area contributed by atoms with E-state index < -0.39 is 28.5 Å². The molecule has 0 aliphatic heterocycles. The summed E-state index contributed by atoms with van der Waals surface area (Å²) in [5, 5.41) is 3.46. The molecule has 0 aliphatic rings. The Labute approximate surface area is 241 Å². The van der Waals surface area contributed by atoms with E-state index in [0.29, 0.717) is 23.1 Å². The van der Waals surface area contributed by atoms with E-state index in [1.54, 1.807) is 73.7 Å². The zero-order chi connectivity index (χ0) is 29.3. The van der Waals surface area contributed by atoms with Gasteiger partial charge in [-0.15, -0.1) is 0 Å². The van der Waals surface area contributed by atoms with Crippen molar-refractivity contribution in [2.45, 2.75) is 57.6 Å². The molecule has 2 atom stereocenters. The molecule has 0 fully saturated rings. The van der Waals surface area contributed by atoms with Crippen LogP contribution in [0.3, 0.4) is 0 Å². The van der Waals surface area contributed by atoms with Gasteiger partial charge in [-0.05, 0) is 81.3 Å². The van der Waals surface area contributed by atoms with Crippen LogP contribution < -0.4 is 14.4 Å². The van der Waals surface area contributed by atoms with Crippen molar-refractivity contribution in [3.8, 4) is 5.75 Å². The van der Waals surface area contributed by atoms with Gasteiger partial charge in [0.05, 0.1) is 17.2 Å². The molecule has 0 saturated heterocycles. The Bertz CT molecular complexity index is 1370. The molecule has 0 radical (unpaired) electrons. The first-order chi connectivity index (χ1) is 19.1. The lowest BCUT2D eigenvalue weighted by Crippen LogP contribution is -2.52. The SMILES string of the molecule is CCOc1ccc(N(CC(=O)N(Cc2ccc(Cl)cc2)C(C)C(=O)NC(C)CC)S(=O)(=O)c2ccccc2)cc1. The summed E-state index contributed by atoms with van der Waals surface area (Å²) < 4.78 is 34.2. The van der Waals surface area contributed by atoms with E-state index in [-0.39, 0.29) is 23.4 Å². The largest absolute Gasteiger partial charge is 0.494 e. The zero-order valence-corrected chi connectivity index (χ0v) is 24.8. The number of rotatable bonds is 13. The second-order valence-electron chi connectivity index (χ2n) is 9.39. The molecule has 8 nitrogen and oxygen atoms in total. The summed E-state index contributed by atoms with van der Waals surface area (Å²) in [6, 6.07) is 20.4. The fourth-order valence-electron chi connectivity index (χ4n) is 3.96. The van der Waals surface area contributed by atoms with E-state index in [0.717, 1.165) is 16.3 Å². The average molecular weight is 586 g/mol. The van der Waals surface area contributed by atoms with Crippen LogP contribution in [-0.2, 0) is 26.2 Å². The molecule has 0 heterocycles. The normalized spacial score (nSPS) is 12.7. The van der Waals surface area contributed by atoms with Crippen LogP contribution in [0.25, 0.3) is 0 Å². The summed E-state index contributed by atoms with van der Waals surface area (Å²) in [5.74, 6) is -0.278. The summed E-state index contributed by atoms with van der Waals surface area (Å²) in [6.45, 7) is 7.37. The number of ether oxygens (including phenoxy) is 1. The van der Waals surface area contributed by atoms with Crippen LogP contribution in [-0.4, -0.2) is 50.4 Å². The third-order valence-corrected chi connectivity index (χ3v) is 8.52. The van der Waals surface area contributed by atoms with Gasteiger partial charge in [0.15, 0.2) is 0 Å². The van der Waals surface area contributed by atoms with Crippen LogP contribution in [0.2, 0.25) is 5.02 Å². The van der Waals surface area contributed by atoms with Crippen molar-refractivity contribution in [3.05, 3.63) is 89.4 Å². The van der Waals surface area contributed by atoms with Gasteiger partial charge < -0.3 is 15.0 Å². The van der Waals surface area contributed by atoms with Crippen molar-refractivity contribution in [3.63, 3.8) is 0 Å². The molecule has 0 aromatic heterocycles. The summed E-state index contributed by atoms with van der Waals surface area (Å²) >= 11 is 6.05. The molecule has 40 heavy (non-hydrogen) atoms. The zero-order valence-electron chi connectivity index (χ0n) is 23.2. The Hall–Kier alpha value is -3.56. The van der Waals surface area contributed by atoms with E-state index in [4.69, 9.17) is 16.3 Å². The number of amides is 2. The Morgan fingerprint density at radius 3 is 2.12 bits per heavy atom. The van der Waals surface area contributed by atoms with Crippen molar-refractivity contribution in [1.82, 2.24) is 10.2 Å². The second kappa shape index (κ2) is 14.2. The van der Waals surface area contributed by atoms with Crippen molar-refractivity contribution in [2.24, 2.45) is 0 Å². The molecule has 3 aromatic carbocycles. The Balaban J connectivity index is 2.01. The quantitative estimate of drug-likeness (QED) is 0.295. The minimum Gasteiger partial charge on any atom is -0.494 e. The Morgan fingerprint density at radius 1 is 0.925 bits per heavy atom. The predicted octanol–water partition coefficient (Wildman–Crippen LogP) is 5.27. The fourth-order valence-corrected chi connectivity index (χ4v) is 5.52. The monoisotopic (exact) mass is 585 g/mol. The molecule has 0 aliphatic carbocycles. The minimum atomic E-state index is -4.13. The van der Waals surface area contributed by atoms with E-state index in [2.05, 4.69) is 5.32 Å². The van der Waals surface area contributed by atoms with Gasteiger partial charge in [0.25, 0.3) is 10.0 Å². The van der Waals surface area contributed by atoms with E-state index in [9.17, 15) is 18.0 Å². The first-order valence-corrected chi connectivity index (χ1v) is 15.0. The highest BCUT2D eigenvalue weighted by atomic mass is 35.5. The van der Waals surface area contributed by atoms with Gasteiger partial charge >= 0.3 is 0 Å². The van der Waals surface area contributed by atoms with E-state index >= 15 is 0 Å². The number of hydrogen-bond acceptors (Lipinski definition) is 5. The number of benzene rings is 3. The fraction of sp³-hybridized carbons (Fsp3) is 0.333. The van der Waals surface area contributed by atoms with Crippen LogP contribution in [0.5, 0.6) is 5.75 Å². The number of halogens is 1. The number of nitrogens with zero attached hydrogens (tertiary/aromatic N) is 2. The van der Waals surface area contributed by atoms with Gasteiger partial charge in [0, 0.05) is 17.6 Å². The van der Waals surface area contributed by atoms with Gasteiger partial charge in [-0.1, -0.05) is 48.9 Å². The topological polar surface area (TPSA) is 96.0 Å². The maximum atomic E-state index is 13.9. The molecule has 3 aromatic rings.